The zero-order valence-electron chi connectivity index (χ0n) is 4.94. The van der Waals surface area contributed by atoms with Crippen LogP contribution in [0.25, 0.3) is 0 Å². The topological polar surface area (TPSA) is 0 Å². The van der Waals surface area contributed by atoms with Gasteiger partial charge in [0.25, 0.3) is 0 Å². The third-order valence-corrected chi connectivity index (χ3v) is 1.05. The van der Waals surface area contributed by atoms with Crippen LogP contribution >= 0.6 is 0 Å². The zero-order valence-corrected chi connectivity index (χ0v) is 4.94. The zero-order chi connectivity index (χ0) is 5.28. The molecule has 1 heteroatoms. The van der Waals surface area contributed by atoms with Crippen LogP contribution < -0.4 is 0 Å². The molecule has 0 unspecified atom stereocenters. The van der Waals surface area contributed by atoms with E-state index in [1.807, 2.05) is 0 Å². The molecule has 0 saturated carbocycles. The van der Waals surface area contributed by atoms with E-state index in [-0.39, 0.29) is 0 Å². The van der Waals surface area contributed by atoms with Gasteiger partial charge in [-0.2, -0.15) is 0 Å². The molecule has 1 aliphatic heterocycles. The van der Waals surface area contributed by atoms with Crippen LogP contribution in [0.2, 0.25) is 0 Å². The van der Waals surface area contributed by atoms with Gasteiger partial charge in [-0.1, -0.05) is 13.8 Å². The number of hydrogen-bond acceptors (Lipinski definition) is 0. The van der Waals surface area contributed by atoms with Gasteiger partial charge in [0.2, 0.25) is 0 Å². The third kappa shape index (κ3) is 1.81. The van der Waals surface area contributed by atoms with Crippen molar-refractivity contribution in [3.05, 3.63) is 11.4 Å². The summed E-state index contributed by atoms with van der Waals surface area (Å²) >= 11 is 0. The van der Waals surface area contributed by atoms with Gasteiger partial charge in [-0.3, -0.25) is 0 Å². The second-order valence-corrected chi connectivity index (χ2v) is 2.51. The van der Waals surface area contributed by atoms with Crippen molar-refractivity contribution in [3.8, 4) is 0 Å². The largest absolute Gasteiger partial charge is 0.173 e. The molecule has 0 fully saturated rings. The van der Waals surface area contributed by atoms with Crippen molar-refractivity contribution in [2.45, 2.75) is 20.3 Å². The maximum absolute atomic E-state index is 2.24. The Morgan fingerprint density at radius 3 is 2.43 bits per heavy atom. The SMILES string of the molecule is CC(C)CC1=C[B]1. The molecule has 1 rings (SSSR count). The van der Waals surface area contributed by atoms with Crippen molar-refractivity contribution >= 4 is 7.28 Å². The van der Waals surface area contributed by atoms with E-state index in [4.69, 9.17) is 0 Å². The maximum atomic E-state index is 2.24. The van der Waals surface area contributed by atoms with Crippen molar-refractivity contribution < 1.29 is 0 Å². The molecule has 0 nitrogen and oxygen atoms in total. The third-order valence-electron chi connectivity index (χ3n) is 1.05. The summed E-state index contributed by atoms with van der Waals surface area (Å²) in [4.78, 5) is 0. The quantitative estimate of drug-likeness (QED) is 0.454. The van der Waals surface area contributed by atoms with Crippen molar-refractivity contribution in [2.75, 3.05) is 0 Å². The number of rotatable bonds is 2. The van der Waals surface area contributed by atoms with Crippen LogP contribution in [-0.4, -0.2) is 7.28 Å². The van der Waals surface area contributed by atoms with E-state index < -0.39 is 0 Å². The predicted octanol–water partition coefficient (Wildman–Crippen LogP) is 1.59. The van der Waals surface area contributed by atoms with E-state index in [1.54, 1.807) is 0 Å². The summed E-state index contributed by atoms with van der Waals surface area (Å²) in [7, 11) is 2.18. The van der Waals surface area contributed by atoms with E-state index >= 15 is 0 Å². The minimum Gasteiger partial charge on any atom is -0.126 e. The van der Waals surface area contributed by atoms with Crippen LogP contribution in [0.1, 0.15) is 20.3 Å². The van der Waals surface area contributed by atoms with Gasteiger partial charge in [0.05, 0.1) is 0 Å². The average Bonchev–Trinajstić information content (AvgIpc) is 2.17. The van der Waals surface area contributed by atoms with E-state index in [0.29, 0.717) is 0 Å². The predicted molar refractivity (Wildman–Crippen MR) is 33.3 cm³/mol. The smallest absolute Gasteiger partial charge is 0.126 e. The first kappa shape index (κ1) is 4.95. The van der Waals surface area contributed by atoms with Crippen LogP contribution in [0.15, 0.2) is 11.4 Å². The Balaban J connectivity index is 2.09. The van der Waals surface area contributed by atoms with Crippen LogP contribution in [0.3, 0.4) is 0 Å². The van der Waals surface area contributed by atoms with Crippen molar-refractivity contribution in [3.63, 3.8) is 0 Å². The molecule has 0 saturated heterocycles. The van der Waals surface area contributed by atoms with Gasteiger partial charge in [0.1, 0.15) is 0 Å². The molecule has 0 aliphatic carbocycles. The van der Waals surface area contributed by atoms with Crippen LogP contribution in [0.4, 0.5) is 0 Å². The molecule has 1 aliphatic rings. The molecule has 0 bridgehead atoms. The molecule has 0 aromatic rings. The summed E-state index contributed by atoms with van der Waals surface area (Å²) < 4.78 is 0. The molecule has 0 amide bonds. The molecule has 0 atom stereocenters. The maximum Gasteiger partial charge on any atom is 0.173 e. The highest BCUT2D eigenvalue weighted by atomic mass is 14.0. The van der Waals surface area contributed by atoms with Gasteiger partial charge >= 0.3 is 0 Å². The Morgan fingerprint density at radius 2 is 2.29 bits per heavy atom. The fraction of sp³-hybridized carbons (Fsp3) is 0.667. The Kier molecular flexibility index (Phi) is 1.22. The van der Waals surface area contributed by atoms with E-state index in [9.17, 15) is 0 Å². The van der Waals surface area contributed by atoms with Crippen LogP contribution in [-0.2, 0) is 0 Å². The van der Waals surface area contributed by atoms with E-state index in [2.05, 4.69) is 27.1 Å². The molecule has 1 heterocycles. The van der Waals surface area contributed by atoms with Crippen molar-refractivity contribution in [2.24, 2.45) is 5.92 Å². The fourth-order valence-electron chi connectivity index (χ4n) is 0.666. The lowest BCUT2D eigenvalue weighted by Gasteiger charge is -1.96. The first-order valence-electron chi connectivity index (χ1n) is 2.83. The lowest BCUT2D eigenvalue weighted by atomic mass is 9.91. The monoisotopic (exact) mass is 93.1 g/mol. The van der Waals surface area contributed by atoms with Crippen LogP contribution in [0.5, 0.6) is 0 Å². The lowest BCUT2D eigenvalue weighted by Crippen LogP contribution is -1.83. The normalized spacial score (nSPS) is 16.1. The van der Waals surface area contributed by atoms with Gasteiger partial charge in [-0.15, -0.1) is 11.4 Å². The highest BCUT2D eigenvalue weighted by Gasteiger charge is 2.09. The van der Waals surface area contributed by atoms with Crippen LogP contribution in [0, 0.1) is 5.92 Å². The molecular weight excluding hydrogens is 82.9 g/mol. The first-order valence-corrected chi connectivity index (χ1v) is 2.83. The molecule has 0 spiro atoms. The van der Waals surface area contributed by atoms with E-state index in [0.717, 1.165) is 5.92 Å². The highest BCUT2D eigenvalue weighted by molar-refractivity contribution is 6.63. The minimum absolute atomic E-state index is 0.838. The fourth-order valence-corrected chi connectivity index (χ4v) is 0.666. The van der Waals surface area contributed by atoms with Gasteiger partial charge in [0.15, 0.2) is 7.28 Å². The van der Waals surface area contributed by atoms with Gasteiger partial charge < -0.3 is 0 Å². The van der Waals surface area contributed by atoms with Gasteiger partial charge in [-0.25, -0.2) is 0 Å². The number of allylic oxidation sites excluding steroid dienone is 1. The van der Waals surface area contributed by atoms with E-state index in [1.165, 1.54) is 11.9 Å². The molecule has 37 valence electrons. The van der Waals surface area contributed by atoms with Crippen molar-refractivity contribution in [1.82, 2.24) is 0 Å². The van der Waals surface area contributed by atoms with Gasteiger partial charge in [0, 0.05) is 0 Å². The second kappa shape index (κ2) is 1.73. The summed E-state index contributed by atoms with van der Waals surface area (Å²) in [5.41, 5.74) is 1.54. The number of hydrogen-bond donors (Lipinski definition) is 0. The molecule has 1 radical (unpaired) electrons. The van der Waals surface area contributed by atoms with Crippen molar-refractivity contribution in [1.29, 1.82) is 0 Å². The Morgan fingerprint density at radius 1 is 1.71 bits per heavy atom. The second-order valence-electron chi connectivity index (χ2n) is 2.51. The summed E-state index contributed by atoms with van der Waals surface area (Å²) in [6.45, 7) is 4.49. The summed E-state index contributed by atoms with van der Waals surface area (Å²) in [6, 6.07) is 0. The minimum atomic E-state index is 0.838. The highest BCUT2D eigenvalue weighted by Crippen LogP contribution is 2.16. The Bertz CT molecular complexity index is 92.4. The summed E-state index contributed by atoms with van der Waals surface area (Å²) in [5, 5.41) is 0. The Hall–Kier alpha value is -0.195. The molecule has 0 aromatic heterocycles. The Labute approximate surface area is 45.9 Å². The standard InChI is InChI=1S/C6H10B/c1-5(2)3-6-4-7-6/h4-5H,3H2,1-2H3. The van der Waals surface area contributed by atoms with Gasteiger partial charge in [-0.05, 0) is 12.3 Å². The molecule has 0 aromatic carbocycles. The average molecular weight is 93.0 g/mol. The summed E-state index contributed by atoms with van der Waals surface area (Å²) in [5.74, 6) is 3.02. The molecule has 7 heavy (non-hydrogen) atoms. The molecular formula is C6H10B. The lowest BCUT2D eigenvalue weighted by molar-refractivity contribution is 0.661. The summed E-state index contributed by atoms with van der Waals surface area (Å²) in [6.07, 6.45) is 1.28. The first-order chi connectivity index (χ1) is 3.29. The molecule has 0 N–H and O–H groups in total.